The number of hydrogen-bond acceptors (Lipinski definition) is 4. The molecule has 4 nitrogen and oxygen atoms in total. The maximum atomic E-state index is 8.37. The second kappa shape index (κ2) is 2.97. The molecule has 2 N–H and O–H groups in total. The van der Waals surface area contributed by atoms with Gasteiger partial charge in [0, 0.05) is 0 Å². The van der Waals surface area contributed by atoms with E-state index in [0.29, 0.717) is 17.2 Å². The van der Waals surface area contributed by atoms with Crippen molar-refractivity contribution < 1.29 is 0 Å². The molecule has 0 amide bonds. The largest absolute Gasteiger partial charge is 0.396 e. The Kier molecular flexibility index (Phi) is 2.02. The zero-order valence-corrected chi connectivity index (χ0v) is 6.20. The van der Waals surface area contributed by atoms with Crippen LogP contribution in [0.15, 0.2) is 6.20 Å². The van der Waals surface area contributed by atoms with Crippen molar-refractivity contribution in [1.29, 1.82) is 5.26 Å². The lowest BCUT2D eigenvalue weighted by Gasteiger charge is -1.99. The quantitative estimate of drug-likeness (QED) is 0.626. The van der Waals surface area contributed by atoms with Crippen LogP contribution in [0.2, 0.25) is 0 Å². The second-order valence-electron chi connectivity index (χ2n) is 2.15. The third kappa shape index (κ3) is 1.64. The van der Waals surface area contributed by atoms with Gasteiger partial charge in [-0.05, 0) is 6.92 Å². The summed E-state index contributed by atoms with van der Waals surface area (Å²) in [5, 5.41) is 8.37. The summed E-state index contributed by atoms with van der Waals surface area (Å²) >= 11 is 0. The molecule has 0 aliphatic carbocycles. The second-order valence-corrected chi connectivity index (χ2v) is 2.15. The van der Waals surface area contributed by atoms with Crippen molar-refractivity contribution in [2.45, 2.75) is 13.3 Å². The fourth-order valence-electron chi connectivity index (χ4n) is 0.743. The summed E-state index contributed by atoms with van der Waals surface area (Å²) in [6, 6.07) is 1.98. The molecule has 0 saturated carbocycles. The van der Waals surface area contributed by atoms with Gasteiger partial charge in [-0.2, -0.15) is 5.26 Å². The molecular formula is C7H8N4. The number of nitriles is 1. The molecular weight excluding hydrogens is 140 g/mol. The van der Waals surface area contributed by atoms with E-state index < -0.39 is 0 Å². The van der Waals surface area contributed by atoms with Gasteiger partial charge < -0.3 is 5.73 Å². The first kappa shape index (κ1) is 7.48. The third-order valence-electron chi connectivity index (χ3n) is 1.27. The van der Waals surface area contributed by atoms with Crippen molar-refractivity contribution in [2.24, 2.45) is 0 Å². The van der Waals surface area contributed by atoms with Crippen LogP contribution in [-0.2, 0) is 6.42 Å². The number of rotatable bonds is 1. The molecule has 0 aliphatic heterocycles. The Labute approximate surface area is 64.7 Å². The molecule has 0 bridgehead atoms. The summed E-state index contributed by atoms with van der Waals surface area (Å²) in [6.07, 6.45) is 1.77. The minimum absolute atomic E-state index is 0.245. The van der Waals surface area contributed by atoms with Gasteiger partial charge in [0.25, 0.3) is 0 Å². The number of nitrogens with zero attached hydrogens (tertiary/aromatic N) is 3. The van der Waals surface area contributed by atoms with Crippen molar-refractivity contribution in [2.75, 3.05) is 5.73 Å². The first-order chi connectivity index (χ1) is 5.24. The molecule has 56 valence electrons. The normalized spacial score (nSPS) is 9.09. The molecule has 0 fully saturated rings. The van der Waals surface area contributed by atoms with Crippen LogP contribution in [0.5, 0.6) is 0 Å². The Morgan fingerprint density at radius 2 is 2.45 bits per heavy atom. The van der Waals surface area contributed by atoms with E-state index in [0.717, 1.165) is 0 Å². The summed E-state index contributed by atoms with van der Waals surface area (Å²) in [4.78, 5) is 7.88. The van der Waals surface area contributed by atoms with Gasteiger partial charge in [0.05, 0.1) is 30.1 Å². The van der Waals surface area contributed by atoms with E-state index in [1.165, 1.54) is 6.20 Å². The molecule has 0 radical (unpaired) electrons. The molecule has 1 heterocycles. The van der Waals surface area contributed by atoms with Gasteiger partial charge in [0.1, 0.15) is 5.82 Å². The molecule has 4 heteroatoms. The highest BCUT2D eigenvalue weighted by atomic mass is 14.9. The average molecular weight is 148 g/mol. The molecule has 0 aliphatic rings. The lowest BCUT2D eigenvalue weighted by Crippen LogP contribution is -2.00. The van der Waals surface area contributed by atoms with E-state index in [1.807, 2.05) is 6.07 Å². The van der Waals surface area contributed by atoms with Crippen LogP contribution in [-0.4, -0.2) is 9.97 Å². The molecule has 11 heavy (non-hydrogen) atoms. The maximum Gasteiger partial charge on any atom is 0.125 e. The maximum absolute atomic E-state index is 8.37. The summed E-state index contributed by atoms with van der Waals surface area (Å²) in [5.74, 6) is 0.643. The van der Waals surface area contributed by atoms with Gasteiger partial charge >= 0.3 is 0 Å². The summed E-state index contributed by atoms with van der Waals surface area (Å²) in [7, 11) is 0. The van der Waals surface area contributed by atoms with Crippen LogP contribution in [0.4, 0.5) is 5.69 Å². The van der Waals surface area contributed by atoms with E-state index >= 15 is 0 Å². The summed E-state index contributed by atoms with van der Waals surface area (Å²) in [5.41, 5.74) is 6.59. The molecule has 0 aromatic carbocycles. The van der Waals surface area contributed by atoms with Crippen molar-refractivity contribution in [3.8, 4) is 6.07 Å². The SMILES string of the molecule is Cc1ncc(N)c(CC#N)n1. The molecule has 0 saturated heterocycles. The van der Waals surface area contributed by atoms with E-state index in [1.54, 1.807) is 6.92 Å². The predicted octanol–water partition coefficient (Wildman–Crippen LogP) is 0.433. The Bertz CT molecular complexity index is 300. The predicted molar refractivity (Wildman–Crippen MR) is 40.5 cm³/mol. The monoisotopic (exact) mass is 148 g/mol. The Balaban J connectivity index is 3.05. The lowest BCUT2D eigenvalue weighted by atomic mass is 10.3. The highest BCUT2D eigenvalue weighted by Crippen LogP contribution is 2.06. The van der Waals surface area contributed by atoms with Crippen LogP contribution < -0.4 is 5.73 Å². The van der Waals surface area contributed by atoms with Gasteiger partial charge in [-0.3, -0.25) is 0 Å². The van der Waals surface area contributed by atoms with Gasteiger partial charge in [-0.1, -0.05) is 0 Å². The van der Waals surface area contributed by atoms with Crippen LogP contribution in [0.25, 0.3) is 0 Å². The topological polar surface area (TPSA) is 75.6 Å². The first-order valence-electron chi connectivity index (χ1n) is 3.19. The molecule has 1 aromatic rings. The highest BCUT2D eigenvalue weighted by molar-refractivity contribution is 5.41. The van der Waals surface area contributed by atoms with Crippen LogP contribution in [0.1, 0.15) is 11.5 Å². The minimum atomic E-state index is 0.245. The third-order valence-corrected chi connectivity index (χ3v) is 1.27. The number of aromatic nitrogens is 2. The smallest absolute Gasteiger partial charge is 0.125 e. The molecule has 0 atom stereocenters. The van der Waals surface area contributed by atoms with Gasteiger partial charge in [0.15, 0.2) is 0 Å². The van der Waals surface area contributed by atoms with Crippen LogP contribution >= 0.6 is 0 Å². The first-order valence-corrected chi connectivity index (χ1v) is 3.19. The molecule has 0 spiro atoms. The van der Waals surface area contributed by atoms with Gasteiger partial charge in [-0.15, -0.1) is 0 Å². The van der Waals surface area contributed by atoms with E-state index in [9.17, 15) is 0 Å². The number of nitrogens with two attached hydrogens (primary N) is 1. The number of hydrogen-bond donors (Lipinski definition) is 1. The van der Waals surface area contributed by atoms with Gasteiger partial charge in [-0.25, -0.2) is 9.97 Å². The Hall–Kier alpha value is -1.63. The minimum Gasteiger partial charge on any atom is -0.396 e. The van der Waals surface area contributed by atoms with Crippen LogP contribution in [0.3, 0.4) is 0 Å². The van der Waals surface area contributed by atoms with Crippen molar-refractivity contribution in [1.82, 2.24) is 9.97 Å². The zero-order valence-electron chi connectivity index (χ0n) is 6.20. The highest BCUT2D eigenvalue weighted by Gasteiger charge is 1.99. The van der Waals surface area contributed by atoms with Crippen LogP contribution in [0, 0.1) is 18.3 Å². The van der Waals surface area contributed by atoms with Crippen molar-refractivity contribution in [3.63, 3.8) is 0 Å². The summed E-state index contributed by atoms with van der Waals surface area (Å²) < 4.78 is 0. The zero-order chi connectivity index (χ0) is 8.27. The number of anilines is 1. The molecule has 1 aromatic heterocycles. The summed E-state index contributed by atoms with van der Waals surface area (Å²) in [6.45, 7) is 1.76. The number of nitrogen functional groups attached to an aromatic ring is 1. The standard InChI is InChI=1S/C7H8N4/c1-5-10-4-6(9)7(11-5)2-3-8/h4H,2,9H2,1H3. The van der Waals surface area contributed by atoms with Crippen molar-refractivity contribution >= 4 is 5.69 Å². The fraction of sp³-hybridized carbons (Fsp3) is 0.286. The van der Waals surface area contributed by atoms with E-state index in [4.69, 9.17) is 11.0 Å². The van der Waals surface area contributed by atoms with E-state index in [2.05, 4.69) is 9.97 Å². The molecule has 1 rings (SSSR count). The lowest BCUT2D eigenvalue weighted by molar-refractivity contribution is 0.989. The average Bonchev–Trinajstić information content (AvgIpc) is 1.98. The Morgan fingerprint density at radius 3 is 3.09 bits per heavy atom. The van der Waals surface area contributed by atoms with E-state index in [-0.39, 0.29) is 6.42 Å². The fourth-order valence-corrected chi connectivity index (χ4v) is 0.743. The van der Waals surface area contributed by atoms with Crippen molar-refractivity contribution in [3.05, 3.63) is 17.7 Å². The van der Waals surface area contributed by atoms with Gasteiger partial charge in [0.2, 0.25) is 0 Å². The number of aryl methyl sites for hydroxylation is 1. The Morgan fingerprint density at radius 1 is 1.73 bits per heavy atom. The molecule has 0 unspecified atom stereocenters.